The molecule has 0 aromatic carbocycles. The van der Waals surface area contributed by atoms with Gasteiger partial charge in [0, 0.05) is 12.8 Å². The van der Waals surface area contributed by atoms with Gasteiger partial charge in [-0.05, 0) is 17.9 Å². The Morgan fingerprint density at radius 3 is 1.91 bits per heavy atom. The van der Waals surface area contributed by atoms with E-state index in [2.05, 4.69) is 0 Å². The van der Waals surface area contributed by atoms with Crippen LogP contribution in [0.5, 0.6) is 0 Å². The van der Waals surface area contributed by atoms with Crippen molar-refractivity contribution in [2.45, 2.75) is 32.6 Å². The van der Waals surface area contributed by atoms with E-state index >= 15 is 0 Å². The molecule has 0 amide bonds. The van der Waals surface area contributed by atoms with E-state index in [0.717, 1.165) is 0 Å². The van der Waals surface area contributed by atoms with E-state index in [0.29, 0.717) is 6.54 Å². The third kappa shape index (κ3) is 1.39. The summed E-state index contributed by atoms with van der Waals surface area (Å²) < 4.78 is 25.0. The van der Waals surface area contributed by atoms with Gasteiger partial charge < -0.3 is 5.73 Å². The van der Waals surface area contributed by atoms with E-state index in [1.165, 1.54) is 0 Å². The van der Waals surface area contributed by atoms with Crippen molar-refractivity contribution in [3.63, 3.8) is 0 Å². The first kappa shape index (κ1) is 8.91. The largest absolute Gasteiger partial charge is 0.330 e. The molecule has 0 spiro atoms. The molecule has 0 atom stereocenters. The molecule has 0 heterocycles. The lowest BCUT2D eigenvalue weighted by Gasteiger charge is -2.49. The van der Waals surface area contributed by atoms with Gasteiger partial charge in [0.05, 0.1) is 0 Å². The van der Waals surface area contributed by atoms with Crippen molar-refractivity contribution in [2.24, 2.45) is 17.1 Å². The Labute approximate surface area is 66.0 Å². The summed E-state index contributed by atoms with van der Waals surface area (Å²) in [5, 5.41) is 0. The van der Waals surface area contributed by atoms with Gasteiger partial charge in [-0.15, -0.1) is 0 Å². The van der Waals surface area contributed by atoms with Crippen LogP contribution in [0.2, 0.25) is 0 Å². The summed E-state index contributed by atoms with van der Waals surface area (Å²) in [6.07, 6.45) is -0.0394. The molecule has 0 aromatic rings. The van der Waals surface area contributed by atoms with Gasteiger partial charge in [-0.25, -0.2) is 8.78 Å². The predicted octanol–water partition coefficient (Wildman–Crippen LogP) is 2.02. The quantitative estimate of drug-likeness (QED) is 0.662. The molecule has 1 rings (SSSR count). The standard InChI is InChI=1S/C8H15F2N/c1-6(2)7(5-11)3-8(9,10)4-7/h6H,3-5,11H2,1-2H3. The average molecular weight is 163 g/mol. The van der Waals surface area contributed by atoms with Crippen molar-refractivity contribution in [3.8, 4) is 0 Å². The normalized spacial score (nSPS) is 26.7. The molecule has 1 aliphatic rings. The number of halogens is 2. The second-order valence-electron chi connectivity index (χ2n) is 3.93. The zero-order valence-electron chi connectivity index (χ0n) is 7.03. The molecular formula is C8H15F2N. The third-order valence-electron chi connectivity index (χ3n) is 2.85. The maximum Gasteiger partial charge on any atom is 0.249 e. The van der Waals surface area contributed by atoms with Gasteiger partial charge in [0.1, 0.15) is 0 Å². The van der Waals surface area contributed by atoms with E-state index in [1.54, 1.807) is 0 Å². The monoisotopic (exact) mass is 163 g/mol. The van der Waals surface area contributed by atoms with Crippen LogP contribution in [0.25, 0.3) is 0 Å². The minimum Gasteiger partial charge on any atom is -0.330 e. The van der Waals surface area contributed by atoms with Crippen molar-refractivity contribution >= 4 is 0 Å². The van der Waals surface area contributed by atoms with E-state index in [9.17, 15) is 8.78 Å². The van der Waals surface area contributed by atoms with Crippen LogP contribution in [-0.4, -0.2) is 12.5 Å². The number of hydrogen-bond acceptors (Lipinski definition) is 1. The highest BCUT2D eigenvalue weighted by Gasteiger charge is 2.56. The number of hydrogen-bond donors (Lipinski definition) is 1. The Morgan fingerprint density at radius 1 is 1.36 bits per heavy atom. The first-order valence-corrected chi connectivity index (χ1v) is 4.00. The van der Waals surface area contributed by atoms with Crippen LogP contribution in [0, 0.1) is 11.3 Å². The summed E-state index contributed by atoms with van der Waals surface area (Å²) in [5.74, 6) is -2.17. The summed E-state index contributed by atoms with van der Waals surface area (Å²) in [6, 6.07) is 0. The topological polar surface area (TPSA) is 26.0 Å². The van der Waals surface area contributed by atoms with Crippen LogP contribution in [0.4, 0.5) is 8.78 Å². The fraction of sp³-hybridized carbons (Fsp3) is 1.00. The molecule has 1 nitrogen and oxygen atoms in total. The molecule has 0 saturated heterocycles. The van der Waals surface area contributed by atoms with Gasteiger partial charge in [0.15, 0.2) is 0 Å². The molecule has 1 saturated carbocycles. The molecule has 0 aromatic heterocycles. The van der Waals surface area contributed by atoms with Crippen molar-refractivity contribution < 1.29 is 8.78 Å². The molecule has 1 fully saturated rings. The summed E-state index contributed by atoms with van der Waals surface area (Å²) in [6.45, 7) is 4.31. The first-order valence-electron chi connectivity index (χ1n) is 4.00. The predicted molar refractivity (Wildman–Crippen MR) is 40.5 cm³/mol. The molecular weight excluding hydrogens is 148 g/mol. The van der Waals surface area contributed by atoms with Gasteiger partial charge >= 0.3 is 0 Å². The second-order valence-corrected chi connectivity index (χ2v) is 3.93. The third-order valence-corrected chi connectivity index (χ3v) is 2.85. The zero-order chi connectivity index (χ0) is 8.70. The van der Waals surface area contributed by atoms with Crippen LogP contribution in [0.1, 0.15) is 26.7 Å². The van der Waals surface area contributed by atoms with Gasteiger partial charge in [-0.1, -0.05) is 13.8 Å². The summed E-state index contributed by atoms with van der Waals surface area (Å²) in [5.41, 5.74) is 5.18. The summed E-state index contributed by atoms with van der Waals surface area (Å²) in [4.78, 5) is 0. The highest BCUT2D eigenvalue weighted by molar-refractivity contribution is 5.01. The fourth-order valence-electron chi connectivity index (χ4n) is 1.77. The van der Waals surface area contributed by atoms with Gasteiger partial charge in [0.25, 0.3) is 0 Å². The van der Waals surface area contributed by atoms with E-state index in [4.69, 9.17) is 5.73 Å². The molecule has 11 heavy (non-hydrogen) atoms. The number of nitrogens with two attached hydrogens (primary N) is 1. The Bertz CT molecular complexity index is 146. The Kier molecular flexibility index (Phi) is 1.95. The lowest BCUT2D eigenvalue weighted by atomic mass is 9.60. The molecule has 0 radical (unpaired) electrons. The molecule has 0 aliphatic heterocycles. The van der Waals surface area contributed by atoms with Gasteiger partial charge in [-0.3, -0.25) is 0 Å². The lowest BCUT2D eigenvalue weighted by molar-refractivity contribution is -0.174. The van der Waals surface area contributed by atoms with E-state index in [1.807, 2.05) is 13.8 Å². The van der Waals surface area contributed by atoms with Crippen LogP contribution in [-0.2, 0) is 0 Å². The maximum absolute atomic E-state index is 12.5. The first-order chi connectivity index (χ1) is 4.92. The van der Waals surface area contributed by atoms with Crippen molar-refractivity contribution in [1.29, 1.82) is 0 Å². The summed E-state index contributed by atoms with van der Waals surface area (Å²) >= 11 is 0. The average Bonchev–Trinajstić information content (AvgIpc) is 1.81. The van der Waals surface area contributed by atoms with Gasteiger partial charge in [-0.2, -0.15) is 0 Å². The SMILES string of the molecule is CC(C)C1(CN)CC(F)(F)C1. The highest BCUT2D eigenvalue weighted by Crippen LogP contribution is 2.55. The highest BCUT2D eigenvalue weighted by atomic mass is 19.3. The smallest absolute Gasteiger partial charge is 0.249 e. The maximum atomic E-state index is 12.5. The minimum absolute atomic E-state index is 0.0197. The molecule has 66 valence electrons. The van der Waals surface area contributed by atoms with Gasteiger partial charge in [0.2, 0.25) is 5.92 Å². The number of alkyl halides is 2. The number of rotatable bonds is 2. The molecule has 0 bridgehead atoms. The summed E-state index contributed by atoms with van der Waals surface area (Å²) in [7, 11) is 0. The molecule has 3 heteroatoms. The zero-order valence-corrected chi connectivity index (χ0v) is 7.03. The van der Waals surface area contributed by atoms with E-state index < -0.39 is 5.92 Å². The lowest BCUT2D eigenvalue weighted by Crippen LogP contribution is -2.53. The minimum atomic E-state index is -2.44. The Hall–Kier alpha value is -0.180. The van der Waals surface area contributed by atoms with Crippen LogP contribution in [0.3, 0.4) is 0 Å². The van der Waals surface area contributed by atoms with Crippen molar-refractivity contribution in [1.82, 2.24) is 0 Å². The fourth-order valence-corrected chi connectivity index (χ4v) is 1.77. The Balaban J connectivity index is 2.57. The van der Waals surface area contributed by atoms with Crippen molar-refractivity contribution in [2.75, 3.05) is 6.54 Å². The molecule has 0 unspecified atom stereocenters. The van der Waals surface area contributed by atoms with Crippen LogP contribution < -0.4 is 5.73 Å². The van der Waals surface area contributed by atoms with E-state index in [-0.39, 0.29) is 24.2 Å². The Morgan fingerprint density at radius 2 is 1.82 bits per heavy atom. The second kappa shape index (κ2) is 2.41. The van der Waals surface area contributed by atoms with Crippen molar-refractivity contribution in [3.05, 3.63) is 0 Å². The van der Waals surface area contributed by atoms with Crippen LogP contribution in [0.15, 0.2) is 0 Å². The molecule has 1 aliphatic carbocycles. The molecule has 2 N–H and O–H groups in total. The van der Waals surface area contributed by atoms with Crippen LogP contribution >= 0.6 is 0 Å².